The molecule has 4 atom stereocenters. The van der Waals surface area contributed by atoms with E-state index in [1.165, 1.54) is 0 Å². The number of hydrogen-bond donors (Lipinski definition) is 3. The zero-order chi connectivity index (χ0) is 12.6. The van der Waals surface area contributed by atoms with Crippen LogP contribution in [0, 0.1) is 5.21 Å². The van der Waals surface area contributed by atoms with Gasteiger partial charge in [-0.15, -0.1) is 0 Å². The molecular formula is C9H12N2O6. The van der Waals surface area contributed by atoms with Crippen LogP contribution in [0.4, 0.5) is 0 Å². The molecule has 1 fully saturated rings. The number of nitrogens with zero attached hydrogens (tertiary/aromatic N) is 2. The summed E-state index contributed by atoms with van der Waals surface area (Å²) in [7, 11) is 0. The van der Waals surface area contributed by atoms with Crippen LogP contribution in [0.15, 0.2) is 23.4 Å². The molecule has 0 aliphatic carbocycles. The Kier molecular flexibility index (Phi) is 3.11. The van der Waals surface area contributed by atoms with Crippen LogP contribution in [0.1, 0.15) is 6.23 Å². The molecule has 1 aromatic rings. The summed E-state index contributed by atoms with van der Waals surface area (Å²) >= 11 is 0. The Bertz CT molecular complexity index is 461. The molecule has 0 bridgehead atoms. The van der Waals surface area contributed by atoms with Crippen LogP contribution < -0.4 is 10.3 Å². The maximum absolute atomic E-state index is 11.5. The van der Waals surface area contributed by atoms with Gasteiger partial charge in [0.05, 0.1) is 12.8 Å². The van der Waals surface area contributed by atoms with Crippen LogP contribution in [0.25, 0.3) is 0 Å². The fourth-order valence-corrected chi connectivity index (χ4v) is 1.75. The molecule has 0 radical (unpaired) electrons. The van der Waals surface area contributed by atoms with Gasteiger partial charge in [0.1, 0.15) is 18.3 Å². The first-order valence-electron chi connectivity index (χ1n) is 4.98. The van der Waals surface area contributed by atoms with Crippen LogP contribution in [-0.2, 0) is 4.74 Å². The number of rotatable bonds is 2. The molecule has 2 heterocycles. The predicted octanol–water partition coefficient (Wildman–Crippen LogP) is -2.91. The molecule has 1 aliphatic heterocycles. The third-order valence-electron chi connectivity index (χ3n) is 2.66. The van der Waals surface area contributed by atoms with E-state index in [2.05, 4.69) is 0 Å². The molecule has 0 unspecified atom stereocenters. The Labute approximate surface area is 95.5 Å². The minimum atomic E-state index is -1.34. The lowest BCUT2D eigenvalue weighted by Gasteiger charge is -2.16. The summed E-state index contributed by atoms with van der Waals surface area (Å²) < 4.78 is 6.45. The zero-order valence-corrected chi connectivity index (χ0v) is 8.71. The number of aliphatic hydroxyl groups is 3. The van der Waals surface area contributed by atoms with Crippen molar-refractivity contribution in [3.8, 4) is 0 Å². The first kappa shape index (κ1) is 12.0. The van der Waals surface area contributed by atoms with Gasteiger partial charge in [0.2, 0.25) is 6.20 Å². The summed E-state index contributed by atoms with van der Waals surface area (Å²) in [4.78, 5) is 11.5. The normalized spacial score (nSPS) is 32.9. The average Bonchev–Trinajstić information content (AvgIpc) is 2.57. The molecule has 94 valence electrons. The fourth-order valence-electron chi connectivity index (χ4n) is 1.75. The molecule has 3 N–H and O–H groups in total. The maximum Gasteiger partial charge on any atom is 0.318 e. The topological polar surface area (TPSA) is 119 Å². The molecule has 0 amide bonds. The molecule has 8 heteroatoms. The maximum atomic E-state index is 11.5. The van der Waals surface area contributed by atoms with Gasteiger partial charge >= 0.3 is 5.56 Å². The van der Waals surface area contributed by atoms with Crippen molar-refractivity contribution in [3.63, 3.8) is 0 Å². The highest BCUT2D eigenvalue weighted by Crippen LogP contribution is 2.27. The molecule has 1 aliphatic rings. The fraction of sp³-hybridized carbons (Fsp3) is 0.556. The SMILES string of the molecule is O=c1c[n+]([O-])ccn1[C@@H]1O[C@H](CO)[C@@H](O)[C@H]1O. The van der Waals surface area contributed by atoms with Crippen molar-refractivity contribution in [2.45, 2.75) is 24.5 Å². The van der Waals surface area contributed by atoms with Crippen molar-refractivity contribution in [3.05, 3.63) is 34.2 Å². The number of aromatic nitrogens is 2. The third-order valence-corrected chi connectivity index (χ3v) is 2.66. The van der Waals surface area contributed by atoms with E-state index >= 15 is 0 Å². The van der Waals surface area contributed by atoms with Gasteiger partial charge in [-0.2, -0.15) is 4.73 Å². The van der Waals surface area contributed by atoms with Crippen molar-refractivity contribution >= 4 is 0 Å². The van der Waals surface area contributed by atoms with Gasteiger partial charge < -0.3 is 25.3 Å². The Hall–Kier alpha value is -1.48. The molecular weight excluding hydrogens is 232 g/mol. The summed E-state index contributed by atoms with van der Waals surface area (Å²) in [5.74, 6) is 0. The smallest absolute Gasteiger partial charge is 0.318 e. The highest BCUT2D eigenvalue weighted by atomic mass is 16.6. The third kappa shape index (κ3) is 2.03. The number of aliphatic hydroxyl groups excluding tert-OH is 3. The molecule has 1 aromatic heterocycles. The summed E-state index contributed by atoms with van der Waals surface area (Å²) in [5, 5.41) is 38.9. The first-order valence-corrected chi connectivity index (χ1v) is 4.98. The summed E-state index contributed by atoms with van der Waals surface area (Å²) in [6.07, 6.45) is -1.71. The van der Waals surface area contributed by atoms with Crippen molar-refractivity contribution in [1.82, 2.24) is 4.57 Å². The largest absolute Gasteiger partial charge is 0.619 e. The second-order valence-corrected chi connectivity index (χ2v) is 3.76. The van der Waals surface area contributed by atoms with Gasteiger partial charge in [-0.1, -0.05) is 0 Å². The van der Waals surface area contributed by atoms with Gasteiger partial charge in [-0.05, 0) is 0 Å². The lowest BCUT2D eigenvalue weighted by atomic mass is 10.1. The highest BCUT2D eigenvalue weighted by Gasteiger charge is 2.43. The molecule has 0 aromatic carbocycles. The minimum Gasteiger partial charge on any atom is -0.619 e. The quantitative estimate of drug-likeness (QED) is 0.379. The number of ether oxygens (including phenoxy) is 1. The van der Waals surface area contributed by atoms with E-state index in [0.29, 0.717) is 4.73 Å². The standard InChI is InChI=1S/C9H12N2O6/c12-4-5-7(14)8(15)9(17-5)11-2-1-10(16)3-6(11)13/h1-3,5,7-9,12,14-15H,4H2/t5-,7-,8-,9-/m1/s1. The summed E-state index contributed by atoms with van der Waals surface area (Å²) in [6, 6.07) is 0. The Morgan fingerprint density at radius 2 is 2.18 bits per heavy atom. The minimum absolute atomic E-state index is 0.320. The van der Waals surface area contributed by atoms with Gasteiger partial charge in [0, 0.05) is 0 Å². The van der Waals surface area contributed by atoms with E-state index in [4.69, 9.17) is 9.84 Å². The van der Waals surface area contributed by atoms with Crippen LogP contribution in [0.3, 0.4) is 0 Å². The molecule has 2 rings (SSSR count). The summed E-state index contributed by atoms with van der Waals surface area (Å²) in [5.41, 5.74) is -0.669. The predicted molar refractivity (Wildman–Crippen MR) is 52.7 cm³/mol. The van der Waals surface area contributed by atoms with Gasteiger partial charge in [-0.25, -0.2) is 0 Å². The monoisotopic (exact) mass is 244 g/mol. The highest BCUT2D eigenvalue weighted by molar-refractivity contribution is 4.91. The number of hydrogen-bond acceptors (Lipinski definition) is 6. The zero-order valence-electron chi connectivity index (χ0n) is 8.71. The lowest BCUT2D eigenvalue weighted by Crippen LogP contribution is -2.39. The Balaban J connectivity index is 2.32. The van der Waals surface area contributed by atoms with Crippen LogP contribution in [0.5, 0.6) is 0 Å². The molecule has 0 saturated carbocycles. The van der Waals surface area contributed by atoms with E-state index in [1.807, 2.05) is 0 Å². The first-order chi connectivity index (χ1) is 8.04. The summed E-state index contributed by atoms with van der Waals surface area (Å²) in [6.45, 7) is -0.474. The lowest BCUT2D eigenvalue weighted by molar-refractivity contribution is -0.607. The van der Waals surface area contributed by atoms with Gasteiger partial charge in [0.15, 0.2) is 12.4 Å². The van der Waals surface area contributed by atoms with E-state index in [0.717, 1.165) is 23.2 Å². The Morgan fingerprint density at radius 1 is 1.47 bits per heavy atom. The molecule has 0 spiro atoms. The second kappa shape index (κ2) is 4.41. The van der Waals surface area contributed by atoms with E-state index in [9.17, 15) is 20.2 Å². The molecule has 17 heavy (non-hydrogen) atoms. The van der Waals surface area contributed by atoms with E-state index < -0.39 is 36.7 Å². The molecule has 1 saturated heterocycles. The van der Waals surface area contributed by atoms with Crippen LogP contribution >= 0.6 is 0 Å². The van der Waals surface area contributed by atoms with Crippen LogP contribution in [0.2, 0.25) is 0 Å². The van der Waals surface area contributed by atoms with Crippen molar-refractivity contribution in [2.24, 2.45) is 0 Å². The second-order valence-electron chi connectivity index (χ2n) is 3.76. The van der Waals surface area contributed by atoms with Gasteiger partial charge in [-0.3, -0.25) is 9.36 Å². The Morgan fingerprint density at radius 3 is 2.71 bits per heavy atom. The van der Waals surface area contributed by atoms with Gasteiger partial charge in [0.25, 0.3) is 0 Å². The average molecular weight is 244 g/mol. The van der Waals surface area contributed by atoms with E-state index in [1.54, 1.807) is 0 Å². The van der Waals surface area contributed by atoms with Crippen molar-refractivity contribution in [2.75, 3.05) is 6.61 Å². The van der Waals surface area contributed by atoms with Crippen molar-refractivity contribution < 1.29 is 24.8 Å². The van der Waals surface area contributed by atoms with Crippen molar-refractivity contribution in [1.29, 1.82) is 0 Å². The van der Waals surface area contributed by atoms with Crippen LogP contribution in [-0.4, -0.2) is 44.8 Å². The van der Waals surface area contributed by atoms with E-state index in [-0.39, 0.29) is 0 Å². The molecule has 8 nitrogen and oxygen atoms in total.